The number of hydrogen-bond acceptors (Lipinski definition) is 4. The maximum Gasteiger partial charge on any atom is 0.145 e. The van der Waals surface area contributed by atoms with Crippen molar-refractivity contribution in [2.75, 3.05) is 13.1 Å². The quantitative estimate of drug-likeness (QED) is 0.528. The van der Waals surface area contributed by atoms with Crippen molar-refractivity contribution in [2.24, 2.45) is 5.10 Å². The van der Waals surface area contributed by atoms with Gasteiger partial charge in [-0.1, -0.05) is 0 Å². The minimum absolute atomic E-state index is 0.0346. The number of piperidine rings is 1. The summed E-state index contributed by atoms with van der Waals surface area (Å²) in [6, 6.07) is 0. The normalized spacial score (nSPS) is 17.4. The van der Waals surface area contributed by atoms with Crippen LogP contribution in [-0.2, 0) is 9.59 Å². The van der Waals surface area contributed by atoms with Gasteiger partial charge in [-0.25, -0.2) is 0 Å². The number of hydrazone groups is 1. The van der Waals surface area contributed by atoms with Crippen molar-refractivity contribution < 1.29 is 9.59 Å². The van der Waals surface area contributed by atoms with Crippen LogP contribution in [0.1, 0.15) is 46.0 Å². The van der Waals surface area contributed by atoms with E-state index in [-0.39, 0.29) is 18.0 Å². The molecule has 0 aromatic heterocycles. The molecule has 90 valence electrons. The molecule has 4 heteroatoms. The molecule has 0 unspecified atom stereocenters. The van der Waals surface area contributed by atoms with Gasteiger partial charge in [-0.05, 0) is 33.1 Å². The van der Waals surface area contributed by atoms with Crippen LogP contribution in [0.5, 0.6) is 0 Å². The predicted molar refractivity (Wildman–Crippen MR) is 63.5 cm³/mol. The maximum atomic E-state index is 11.4. The van der Waals surface area contributed by atoms with Crippen molar-refractivity contribution in [3.8, 4) is 0 Å². The first-order valence-electron chi connectivity index (χ1n) is 5.88. The second kappa shape index (κ2) is 6.40. The van der Waals surface area contributed by atoms with Crippen LogP contribution in [-0.4, -0.2) is 35.4 Å². The Balaban J connectivity index is 2.37. The second-order valence-electron chi connectivity index (χ2n) is 4.44. The summed E-state index contributed by atoms with van der Waals surface area (Å²) in [4.78, 5) is 22.1. The van der Waals surface area contributed by atoms with E-state index < -0.39 is 0 Å². The molecule has 0 atom stereocenters. The van der Waals surface area contributed by atoms with E-state index in [0.717, 1.165) is 18.8 Å². The van der Waals surface area contributed by atoms with Gasteiger partial charge in [-0.15, -0.1) is 0 Å². The zero-order chi connectivity index (χ0) is 12.0. The molecule has 1 rings (SSSR count). The Hall–Kier alpha value is -1.19. The van der Waals surface area contributed by atoms with Crippen molar-refractivity contribution in [3.63, 3.8) is 0 Å². The van der Waals surface area contributed by atoms with Gasteiger partial charge in [-0.2, -0.15) is 5.10 Å². The van der Waals surface area contributed by atoms with Gasteiger partial charge in [0.2, 0.25) is 0 Å². The monoisotopic (exact) mass is 224 g/mol. The van der Waals surface area contributed by atoms with Crippen LogP contribution in [0.3, 0.4) is 0 Å². The van der Waals surface area contributed by atoms with Gasteiger partial charge < -0.3 is 0 Å². The van der Waals surface area contributed by atoms with Crippen molar-refractivity contribution in [1.82, 2.24) is 5.01 Å². The van der Waals surface area contributed by atoms with Crippen molar-refractivity contribution >= 4 is 17.3 Å². The fourth-order valence-electron chi connectivity index (χ4n) is 1.88. The molecular weight excluding hydrogens is 204 g/mol. The summed E-state index contributed by atoms with van der Waals surface area (Å²) >= 11 is 0. The van der Waals surface area contributed by atoms with Crippen LogP contribution in [0.2, 0.25) is 0 Å². The van der Waals surface area contributed by atoms with Gasteiger partial charge in [0.05, 0.1) is 6.42 Å². The topological polar surface area (TPSA) is 49.7 Å². The Bertz CT molecular complexity index is 291. The van der Waals surface area contributed by atoms with Gasteiger partial charge in [0.25, 0.3) is 0 Å². The number of carbonyl (C=O) groups excluding carboxylic acids is 2. The van der Waals surface area contributed by atoms with Crippen molar-refractivity contribution in [1.29, 1.82) is 0 Å². The van der Waals surface area contributed by atoms with Crippen LogP contribution in [0.25, 0.3) is 0 Å². The average molecular weight is 224 g/mol. The molecule has 0 aromatic rings. The lowest BCUT2D eigenvalue weighted by Crippen LogP contribution is -2.26. The lowest BCUT2D eigenvalue weighted by atomic mass is 10.1. The first-order valence-corrected chi connectivity index (χ1v) is 5.88. The molecule has 0 spiro atoms. The number of nitrogens with zero attached hydrogens (tertiary/aromatic N) is 2. The summed E-state index contributed by atoms with van der Waals surface area (Å²) in [6.07, 6.45) is 3.97. The van der Waals surface area contributed by atoms with Gasteiger partial charge >= 0.3 is 0 Å². The van der Waals surface area contributed by atoms with Gasteiger partial charge in [0.1, 0.15) is 11.6 Å². The van der Waals surface area contributed by atoms with E-state index in [4.69, 9.17) is 0 Å². The van der Waals surface area contributed by atoms with Crippen LogP contribution in [0, 0.1) is 0 Å². The van der Waals surface area contributed by atoms with Gasteiger partial charge in [0.15, 0.2) is 0 Å². The zero-order valence-corrected chi connectivity index (χ0v) is 10.2. The average Bonchev–Trinajstić information content (AvgIpc) is 2.17. The largest absolute Gasteiger partial charge is 0.300 e. The molecule has 1 aliphatic rings. The highest BCUT2D eigenvalue weighted by Gasteiger charge is 2.10. The summed E-state index contributed by atoms with van der Waals surface area (Å²) in [5.41, 5.74) is 0.813. The molecule has 1 fully saturated rings. The number of ketones is 2. The summed E-state index contributed by atoms with van der Waals surface area (Å²) in [5, 5.41) is 6.43. The lowest BCUT2D eigenvalue weighted by Gasteiger charge is -2.24. The second-order valence-corrected chi connectivity index (χ2v) is 4.44. The zero-order valence-electron chi connectivity index (χ0n) is 10.2. The highest BCUT2D eigenvalue weighted by Crippen LogP contribution is 2.09. The standard InChI is InChI=1S/C12H20N2O2/c1-10(8-12(16)9-11(2)15)13-14-6-4-3-5-7-14/h3-9H2,1-2H3/b13-10+. The van der Waals surface area contributed by atoms with Gasteiger partial charge in [-0.3, -0.25) is 14.6 Å². The first kappa shape index (κ1) is 12.9. The Morgan fingerprint density at radius 1 is 1.06 bits per heavy atom. The van der Waals surface area contributed by atoms with Crippen LogP contribution >= 0.6 is 0 Å². The molecule has 0 amide bonds. The molecule has 0 saturated carbocycles. The predicted octanol–water partition coefficient (Wildman–Crippen LogP) is 1.79. The molecule has 1 saturated heterocycles. The third-order valence-corrected chi connectivity index (χ3v) is 2.54. The maximum absolute atomic E-state index is 11.4. The summed E-state index contributed by atoms with van der Waals surface area (Å²) in [7, 11) is 0. The fourth-order valence-corrected chi connectivity index (χ4v) is 1.88. The highest BCUT2D eigenvalue weighted by atomic mass is 16.1. The van der Waals surface area contributed by atoms with Crippen molar-refractivity contribution in [3.05, 3.63) is 0 Å². The summed E-state index contributed by atoms with van der Waals surface area (Å²) in [6.45, 7) is 5.26. The van der Waals surface area contributed by atoms with E-state index in [1.54, 1.807) is 0 Å². The number of rotatable bonds is 5. The Morgan fingerprint density at radius 3 is 2.25 bits per heavy atom. The van der Waals surface area contributed by atoms with Crippen LogP contribution in [0.15, 0.2) is 5.10 Å². The fraction of sp³-hybridized carbons (Fsp3) is 0.750. The van der Waals surface area contributed by atoms with Gasteiger partial charge in [0, 0.05) is 25.2 Å². The highest BCUT2D eigenvalue weighted by molar-refractivity contribution is 6.07. The molecule has 0 bridgehead atoms. The Kier molecular flexibility index (Phi) is 5.15. The van der Waals surface area contributed by atoms with E-state index >= 15 is 0 Å². The number of hydrogen-bond donors (Lipinski definition) is 0. The van der Waals surface area contributed by atoms with Crippen molar-refractivity contribution in [2.45, 2.75) is 46.0 Å². The SMILES string of the molecule is CC(=O)CC(=O)C/C(C)=N/N1CCCCC1. The third-order valence-electron chi connectivity index (χ3n) is 2.54. The Labute approximate surface area is 96.7 Å². The summed E-state index contributed by atoms with van der Waals surface area (Å²) < 4.78 is 0. The molecule has 0 radical (unpaired) electrons. The third kappa shape index (κ3) is 5.05. The first-order chi connectivity index (χ1) is 7.58. The van der Waals surface area contributed by atoms with Crippen LogP contribution < -0.4 is 0 Å². The molecule has 0 aromatic carbocycles. The molecular formula is C12H20N2O2. The molecule has 1 heterocycles. The van der Waals surface area contributed by atoms with E-state index in [1.807, 2.05) is 11.9 Å². The molecule has 0 aliphatic carbocycles. The molecule has 4 nitrogen and oxygen atoms in total. The van der Waals surface area contributed by atoms with E-state index in [1.165, 1.54) is 26.2 Å². The lowest BCUT2D eigenvalue weighted by molar-refractivity contribution is -0.125. The van der Waals surface area contributed by atoms with Crippen LogP contribution in [0.4, 0.5) is 0 Å². The summed E-state index contributed by atoms with van der Waals surface area (Å²) in [5.74, 6) is -0.110. The number of carbonyl (C=O) groups is 2. The Morgan fingerprint density at radius 2 is 1.69 bits per heavy atom. The molecule has 16 heavy (non-hydrogen) atoms. The molecule has 1 aliphatic heterocycles. The van der Waals surface area contributed by atoms with E-state index in [9.17, 15) is 9.59 Å². The minimum Gasteiger partial charge on any atom is -0.300 e. The molecule has 0 N–H and O–H groups in total. The number of Topliss-reactive ketones (excluding diaryl/α,β-unsaturated/α-hetero) is 2. The minimum atomic E-state index is -0.0734. The van der Waals surface area contributed by atoms with E-state index in [2.05, 4.69) is 5.10 Å². The van der Waals surface area contributed by atoms with E-state index in [0.29, 0.717) is 6.42 Å². The smallest absolute Gasteiger partial charge is 0.145 e.